The van der Waals surface area contributed by atoms with E-state index in [1.54, 1.807) is 7.11 Å². The minimum absolute atomic E-state index is 0.684. The maximum Gasteiger partial charge on any atom is 0.0658 e. The third-order valence-corrected chi connectivity index (χ3v) is 1.46. The summed E-state index contributed by atoms with van der Waals surface area (Å²) in [6, 6.07) is 10.0. The number of methoxy groups -OCH3 is 1. The first-order valence-corrected chi connectivity index (χ1v) is 4.55. The molecule has 1 aromatic carbocycles. The van der Waals surface area contributed by atoms with Gasteiger partial charge in [-0.1, -0.05) is 30.3 Å². The molecule has 0 aliphatic heterocycles. The average Bonchev–Trinajstić information content (AvgIpc) is 2.29. The lowest BCUT2D eigenvalue weighted by molar-refractivity contribution is 0.208. The monoisotopic (exact) mass is 194 g/mol. The molecule has 2 N–H and O–H groups in total. The highest BCUT2D eigenvalue weighted by atomic mass is 16.5. The molecular weight excluding hydrogens is 176 g/mol. The number of nitrogens with two attached hydrogens (primary N) is 1. The van der Waals surface area contributed by atoms with E-state index in [-0.39, 0.29) is 0 Å². The van der Waals surface area contributed by atoms with Crippen molar-refractivity contribution in [1.29, 1.82) is 0 Å². The molecule has 0 bridgehead atoms. The summed E-state index contributed by atoms with van der Waals surface area (Å²) in [7, 11) is 3.18. The highest BCUT2D eigenvalue weighted by Gasteiger charge is 1.82. The van der Waals surface area contributed by atoms with E-state index in [1.165, 1.54) is 7.05 Å². The van der Waals surface area contributed by atoms with Gasteiger partial charge in [-0.25, -0.2) is 0 Å². The number of benzene rings is 1. The van der Waals surface area contributed by atoms with Gasteiger partial charge in [0.2, 0.25) is 0 Å². The van der Waals surface area contributed by atoms with E-state index in [9.17, 15) is 0 Å². The third-order valence-electron chi connectivity index (χ3n) is 1.46. The molecular formula is C11H18N2O. The van der Waals surface area contributed by atoms with E-state index in [2.05, 4.69) is 10.7 Å². The molecule has 0 unspecified atom stereocenters. The van der Waals surface area contributed by atoms with Crippen molar-refractivity contribution in [2.75, 3.05) is 27.3 Å². The van der Waals surface area contributed by atoms with E-state index in [1.807, 2.05) is 36.5 Å². The largest absolute Gasteiger partial charge is 0.383 e. The second-order valence-corrected chi connectivity index (χ2v) is 2.44. The summed E-state index contributed by atoms with van der Waals surface area (Å²) in [4.78, 5) is 4.18. The second-order valence-electron chi connectivity index (χ2n) is 2.44. The molecule has 3 nitrogen and oxygen atoms in total. The lowest BCUT2D eigenvalue weighted by atomic mass is 10.2. The van der Waals surface area contributed by atoms with Crippen molar-refractivity contribution in [2.45, 2.75) is 0 Å². The fourth-order valence-corrected chi connectivity index (χ4v) is 0.853. The summed E-state index contributed by atoms with van der Waals surface area (Å²) in [5.41, 5.74) is 5.63. The molecule has 78 valence electrons. The number of nitrogens with zero attached hydrogens (tertiary/aromatic N) is 1. The van der Waals surface area contributed by atoms with Gasteiger partial charge in [0.1, 0.15) is 0 Å². The molecule has 0 fully saturated rings. The first-order chi connectivity index (χ1) is 6.93. The molecule has 14 heavy (non-hydrogen) atoms. The van der Waals surface area contributed by atoms with Crippen molar-refractivity contribution in [2.24, 2.45) is 10.7 Å². The third kappa shape index (κ3) is 6.34. The van der Waals surface area contributed by atoms with Crippen molar-refractivity contribution in [3.63, 3.8) is 0 Å². The molecule has 0 saturated carbocycles. The van der Waals surface area contributed by atoms with Crippen LogP contribution in [0.2, 0.25) is 0 Å². The van der Waals surface area contributed by atoms with Gasteiger partial charge in [0.15, 0.2) is 0 Å². The van der Waals surface area contributed by atoms with Crippen LogP contribution in [0.1, 0.15) is 5.56 Å². The van der Waals surface area contributed by atoms with Crippen LogP contribution < -0.4 is 5.73 Å². The highest BCUT2D eigenvalue weighted by molar-refractivity contribution is 5.79. The van der Waals surface area contributed by atoms with Gasteiger partial charge in [-0.3, -0.25) is 4.99 Å². The Kier molecular flexibility index (Phi) is 9.05. The van der Waals surface area contributed by atoms with Crippen LogP contribution >= 0.6 is 0 Å². The smallest absolute Gasteiger partial charge is 0.0658 e. The molecule has 0 saturated heterocycles. The fourth-order valence-electron chi connectivity index (χ4n) is 0.853. The zero-order chi connectivity index (χ0) is 10.6. The van der Waals surface area contributed by atoms with Crippen molar-refractivity contribution >= 4 is 6.21 Å². The Hall–Kier alpha value is -1.19. The standard InChI is InChI=1S/C10H13NO.CH5N/c1-12-8-7-11-9-10-5-3-2-4-6-10;1-2/h2-6,9H,7-8H2,1H3;2H2,1H3. The number of rotatable bonds is 4. The molecule has 0 atom stereocenters. The number of aliphatic imine (C=N–C) groups is 1. The van der Waals surface area contributed by atoms with Gasteiger partial charge in [-0.05, 0) is 12.6 Å². The Morgan fingerprint density at radius 3 is 2.50 bits per heavy atom. The van der Waals surface area contributed by atoms with E-state index in [4.69, 9.17) is 4.74 Å². The SMILES string of the molecule is CN.COCCN=Cc1ccccc1. The van der Waals surface area contributed by atoms with Crippen molar-refractivity contribution in [3.05, 3.63) is 35.9 Å². The van der Waals surface area contributed by atoms with Crippen LogP contribution in [0, 0.1) is 0 Å². The van der Waals surface area contributed by atoms with Crippen LogP contribution in [-0.2, 0) is 4.74 Å². The van der Waals surface area contributed by atoms with Crippen LogP contribution in [0.5, 0.6) is 0 Å². The Morgan fingerprint density at radius 2 is 1.93 bits per heavy atom. The van der Waals surface area contributed by atoms with Gasteiger partial charge < -0.3 is 10.5 Å². The molecule has 3 heteroatoms. The van der Waals surface area contributed by atoms with Crippen molar-refractivity contribution < 1.29 is 4.74 Å². The van der Waals surface area contributed by atoms with Crippen LogP contribution in [-0.4, -0.2) is 33.5 Å². The van der Waals surface area contributed by atoms with Crippen LogP contribution in [0.15, 0.2) is 35.3 Å². The van der Waals surface area contributed by atoms with E-state index < -0.39 is 0 Å². The summed E-state index contributed by atoms with van der Waals surface area (Å²) in [5.74, 6) is 0. The lowest BCUT2D eigenvalue weighted by Gasteiger charge is -1.92. The zero-order valence-corrected chi connectivity index (χ0v) is 8.81. The first-order valence-electron chi connectivity index (χ1n) is 4.55. The molecule has 0 amide bonds. The van der Waals surface area contributed by atoms with Crippen molar-refractivity contribution in [3.8, 4) is 0 Å². The topological polar surface area (TPSA) is 47.6 Å². The molecule has 0 heterocycles. The average molecular weight is 194 g/mol. The van der Waals surface area contributed by atoms with Gasteiger partial charge in [0, 0.05) is 13.3 Å². The Morgan fingerprint density at radius 1 is 1.29 bits per heavy atom. The van der Waals surface area contributed by atoms with Crippen LogP contribution in [0.25, 0.3) is 0 Å². The van der Waals surface area contributed by atoms with E-state index >= 15 is 0 Å². The zero-order valence-electron chi connectivity index (χ0n) is 8.81. The van der Waals surface area contributed by atoms with Gasteiger partial charge in [-0.2, -0.15) is 0 Å². The summed E-state index contributed by atoms with van der Waals surface area (Å²) in [6.07, 6.45) is 1.86. The number of hydrogen-bond acceptors (Lipinski definition) is 3. The predicted octanol–water partition coefficient (Wildman–Crippen LogP) is 1.33. The Balaban J connectivity index is 0.000000791. The summed E-state index contributed by atoms with van der Waals surface area (Å²) in [5, 5.41) is 0. The number of ether oxygens (including phenoxy) is 1. The van der Waals surface area contributed by atoms with Gasteiger partial charge >= 0.3 is 0 Å². The highest BCUT2D eigenvalue weighted by Crippen LogP contribution is 1.93. The minimum atomic E-state index is 0.684. The molecule has 0 spiro atoms. The summed E-state index contributed by atoms with van der Waals surface area (Å²) in [6.45, 7) is 1.41. The maximum atomic E-state index is 4.87. The van der Waals surface area contributed by atoms with Gasteiger partial charge in [0.25, 0.3) is 0 Å². The summed E-state index contributed by atoms with van der Waals surface area (Å²) >= 11 is 0. The van der Waals surface area contributed by atoms with Crippen LogP contribution in [0.3, 0.4) is 0 Å². The number of hydrogen-bond donors (Lipinski definition) is 1. The maximum absolute atomic E-state index is 4.87. The fraction of sp³-hybridized carbons (Fsp3) is 0.364. The first kappa shape index (κ1) is 12.8. The molecule has 1 aromatic rings. The van der Waals surface area contributed by atoms with Crippen molar-refractivity contribution in [1.82, 2.24) is 0 Å². The normalized spacial score (nSPS) is 9.64. The minimum Gasteiger partial charge on any atom is -0.383 e. The van der Waals surface area contributed by atoms with E-state index in [0.29, 0.717) is 6.61 Å². The molecule has 0 aromatic heterocycles. The quantitative estimate of drug-likeness (QED) is 0.580. The van der Waals surface area contributed by atoms with E-state index in [0.717, 1.165) is 12.1 Å². The second kappa shape index (κ2) is 9.89. The Bertz CT molecular complexity index is 234. The molecule has 0 radical (unpaired) electrons. The predicted molar refractivity (Wildman–Crippen MR) is 60.9 cm³/mol. The lowest BCUT2D eigenvalue weighted by Crippen LogP contribution is -1.93. The molecule has 0 aliphatic rings. The Labute approximate surface area is 85.6 Å². The van der Waals surface area contributed by atoms with Crippen LogP contribution in [0.4, 0.5) is 0 Å². The molecule has 1 rings (SSSR count). The summed E-state index contributed by atoms with van der Waals surface area (Å²) < 4.78 is 4.87. The van der Waals surface area contributed by atoms with Gasteiger partial charge in [-0.15, -0.1) is 0 Å². The van der Waals surface area contributed by atoms with Gasteiger partial charge in [0.05, 0.1) is 13.2 Å². The molecule has 0 aliphatic carbocycles.